The third-order valence-corrected chi connectivity index (χ3v) is 5.98. The largest absolute Gasteiger partial charge is 0.307 e. The summed E-state index contributed by atoms with van der Waals surface area (Å²) < 4.78 is 27.2. The van der Waals surface area contributed by atoms with Crippen LogP contribution in [0.5, 0.6) is 0 Å². The Morgan fingerprint density at radius 3 is 2.34 bits per heavy atom. The molecule has 0 saturated heterocycles. The average molecular weight is 430 g/mol. The van der Waals surface area contributed by atoms with Gasteiger partial charge in [0.15, 0.2) is 0 Å². The Kier molecular flexibility index (Phi) is 6.32. The molecule has 0 saturated carbocycles. The third kappa shape index (κ3) is 5.20. The molecule has 0 spiro atoms. The maximum absolute atomic E-state index is 12.6. The lowest BCUT2D eigenvalue weighted by Crippen LogP contribution is -2.30. The molecule has 0 unspecified atom stereocenters. The molecule has 0 aliphatic carbocycles. The fourth-order valence-electron chi connectivity index (χ4n) is 2.68. The Labute approximate surface area is 175 Å². The molecule has 0 bridgehead atoms. The number of hydrogen-bond donors (Lipinski definition) is 2. The van der Waals surface area contributed by atoms with E-state index in [1.54, 1.807) is 26.1 Å². The van der Waals surface area contributed by atoms with E-state index in [0.29, 0.717) is 5.82 Å². The van der Waals surface area contributed by atoms with E-state index in [1.807, 2.05) is 36.4 Å². The summed E-state index contributed by atoms with van der Waals surface area (Å²) in [5, 5.41) is 2.79. The number of pyridine rings is 1. The van der Waals surface area contributed by atoms with E-state index >= 15 is 0 Å². The van der Waals surface area contributed by atoms with Gasteiger partial charge in [-0.05, 0) is 49.7 Å². The van der Waals surface area contributed by atoms with Crippen LogP contribution in [0.25, 0.3) is 11.1 Å². The van der Waals surface area contributed by atoms with Gasteiger partial charge in [0, 0.05) is 17.8 Å². The summed E-state index contributed by atoms with van der Waals surface area (Å²) in [7, 11) is -3.75. The highest BCUT2D eigenvalue weighted by molar-refractivity contribution is 7.89. The molecule has 0 fully saturated rings. The SMILES string of the molecule is CC(C)NS(=O)(=O)c1ccc(Cl)c(C(=O)Nc2ccc(-c3ccccc3)cn2)c1. The maximum atomic E-state index is 12.6. The van der Waals surface area contributed by atoms with E-state index in [9.17, 15) is 13.2 Å². The molecule has 8 heteroatoms. The van der Waals surface area contributed by atoms with Crippen LogP contribution < -0.4 is 10.0 Å². The second-order valence-corrected chi connectivity index (χ2v) is 8.79. The topological polar surface area (TPSA) is 88.2 Å². The minimum atomic E-state index is -3.75. The molecule has 29 heavy (non-hydrogen) atoms. The van der Waals surface area contributed by atoms with Gasteiger partial charge in [0.05, 0.1) is 15.5 Å². The van der Waals surface area contributed by atoms with Gasteiger partial charge in [-0.15, -0.1) is 0 Å². The molecule has 0 aliphatic heterocycles. The Hall–Kier alpha value is -2.74. The molecule has 6 nitrogen and oxygen atoms in total. The summed E-state index contributed by atoms with van der Waals surface area (Å²) in [6.07, 6.45) is 1.65. The zero-order valence-electron chi connectivity index (χ0n) is 15.9. The third-order valence-electron chi connectivity index (χ3n) is 4.00. The monoisotopic (exact) mass is 429 g/mol. The lowest BCUT2D eigenvalue weighted by atomic mass is 10.1. The first-order valence-electron chi connectivity index (χ1n) is 8.91. The zero-order valence-corrected chi connectivity index (χ0v) is 17.5. The second-order valence-electron chi connectivity index (χ2n) is 6.67. The number of anilines is 1. The van der Waals surface area contributed by atoms with Crippen molar-refractivity contribution in [2.24, 2.45) is 0 Å². The van der Waals surface area contributed by atoms with Crippen molar-refractivity contribution in [2.45, 2.75) is 24.8 Å². The van der Waals surface area contributed by atoms with E-state index in [0.717, 1.165) is 11.1 Å². The van der Waals surface area contributed by atoms with Crippen LogP contribution in [0, 0.1) is 0 Å². The predicted octanol–water partition coefficient (Wildman–Crippen LogP) is 4.34. The van der Waals surface area contributed by atoms with Gasteiger partial charge < -0.3 is 5.32 Å². The Morgan fingerprint density at radius 2 is 1.72 bits per heavy atom. The number of nitrogens with one attached hydrogen (secondary N) is 2. The van der Waals surface area contributed by atoms with Crippen molar-refractivity contribution in [3.8, 4) is 11.1 Å². The van der Waals surface area contributed by atoms with Crippen molar-refractivity contribution in [3.63, 3.8) is 0 Å². The van der Waals surface area contributed by atoms with Gasteiger partial charge in [-0.2, -0.15) is 0 Å². The van der Waals surface area contributed by atoms with Gasteiger partial charge in [0.2, 0.25) is 10.0 Å². The van der Waals surface area contributed by atoms with Crippen molar-refractivity contribution in [1.82, 2.24) is 9.71 Å². The highest BCUT2D eigenvalue weighted by atomic mass is 35.5. The van der Waals surface area contributed by atoms with E-state index in [4.69, 9.17) is 11.6 Å². The minimum Gasteiger partial charge on any atom is -0.307 e. The average Bonchev–Trinajstić information content (AvgIpc) is 2.68. The van der Waals surface area contributed by atoms with Crippen LogP contribution in [0.4, 0.5) is 5.82 Å². The van der Waals surface area contributed by atoms with Crippen LogP contribution in [0.15, 0.2) is 71.8 Å². The molecule has 150 valence electrons. The predicted molar refractivity (Wildman–Crippen MR) is 115 cm³/mol. The number of nitrogens with zero attached hydrogens (tertiary/aromatic N) is 1. The maximum Gasteiger partial charge on any atom is 0.258 e. The number of carbonyl (C=O) groups excluding carboxylic acids is 1. The summed E-state index contributed by atoms with van der Waals surface area (Å²) in [6.45, 7) is 3.43. The van der Waals surface area contributed by atoms with E-state index in [-0.39, 0.29) is 21.5 Å². The van der Waals surface area contributed by atoms with Crippen molar-refractivity contribution in [3.05, 3.63) is 77.4 Å². The number of benzene rings is 2. The van der Waals surface area contributed by atoms with Crippen LogP contribution >= 0.6 is 11.6 Å². The normalized spacial score (nSPS) is 11.4. The molecule has 3 rings (SSSR count). The molecule has 1 heterocycles. The fourth-order valence-corrected chi connectivity index (χ4v) is 4.16. The van der Waals surface area contributed by atoms with Gasteiger partial charge in [0.25, 0.3) is 5.91 Å². The summed E-state index contributed by atoms with van der Waals surface area (Å²) in [6, 6.07) is 17.0. The van der Waals surface area contributed by atoms with Crippen LogP contribution in [0.2, 0.25) is 5.02 Å². The number of carbonyl (C=O) groups is 1. The Morgan fingerprint density at radius 1 is 1.00 bits per heavy atom. The molecule has 0 aliphatic rings. The van der Waals surface area contributed by atoms with Crippen LogP contribution in [-0.4, -0.2) is 25.4 Å². The van der Waals surface area contributed by atoms with Crippen molar-refractivity contribution >= 4 is 33.3 Å². The van der Waals surface area contributed by atoms with E-state index < -0.39 is 15.9 Å². The van der Waals surface area contributed by atoms with E-state index in [1.165, 1.54) is 18.2 Å². The van der Waals surface area contributed by atoms with Crippen LogP contribution in [0.3, 0.4) is 0 Å². The van der Waals surface area contributed by atoms with Gasteiger partial charge in [-0.25, -0.2) is 18.1 Å². The first-order chi connectivity index (χ1) is 13.8. The smallest absolute Gasteiger partial charge is 0.258 e. The van der Waals surface area contributed by atoms with Gasteiger partial charge in [-0.1, -0.05) is 41.9 Å². The quantitative estimate of drug-likeness (QED) is 0.610. The fraction of sp³-hybridized carbons (Fsp3) is 0.143. The Balaban J connectivity index is 1.81. The standard InChI is InChI=1S/C21H20ClN3O3S/c1-14(2)25-29(27,28)17-9-10-19(22)18(12-17)21(26)24-20-11-8-16(13-23-20)15-6-4-3-5-7-15/h3-14,25H,1-2H3,(H,23,24,26). The van der Waals surface area contributed by atoms with E-state index in [2.05, 4.69) is 15.0 Å². The number of hydrogen-bond acceptors (Lipinski definition) is 4. The molecule has 0 atom stereocenters. The lowest BCUT2D eigenvalue weighted by Gasteiger charge is -2.12. The zero-order chi connectivity index (χ0) is 21.0. The molecule has 2 N–H and O–H groups in total. The van der Waals surface area contributed by atoms with Gasteiger partial charge >= 0.3 is 0 Å². The molecule has 3 aromatic rings. The molecule has 0 radical (unpaired) electrons. The highest BCUT2D eigenvalue weighted by Gasteiger charge is 2.20. The minimum absolute atomic E-state index is 0.0341. The Bertz CT molecular complexity index is 1120. The van der Waals surface area contributed by atoms with Crippen LogP contribution in [0.1, 0.15) is 24.2 Å². The number of aromatic nitrogens is 1. The van der Waals surface area contributed by atoms with Crippen molar-refractivity contribution in [1.29, 1.82) is 0 Å². The molecular weight excluding hydrogens is 410 g/mol. The highest BCUT2D eigenvalue weighted by Crippen LogP contribution is 2.23. The number of rotatable bonds is 6. The molecule has 2 aromatic carbocycles. The molecule has 1 amide bonds. The molecule has 1 aromatic heterocycles. The number of halogens is 1. The first-order valence-corrected chi connectivity index (χ1v) is 10.8. The first kappa shape index (κ1) is 21.0. The molecular formula is C21H20ClN3O3S. The summed E-state index contributed by atoms with van der Waals surface area (Å²) in [4.78, 5) is 16.9. The summed E-state index contributed by atoms with van der Waals surface area (Å²) in [5.41, 5.74) is 1.97. The van der Waals surface area contributed by atoms with Gasteiger partial charge in [-0.3, -0.25) is 4.79 Å². The second kappa shape index (κ2) is 8.73. The summed E-state index contributed by atoms with van der Waals surface area (Å²) >= 11 is 6.12. The van der Waals surface area contributed by atoms with Crippen LogP contribution in [-0.2, 0) is 10.0 Å². The number of sulfonamides is 1. The summed E-state index contributed by atoms with van der Waals surface area (Å²) in [5.74, 6) is -0.212. The number of amides is 1. The van der Waals surface area contributed by atoms with Crippen molar-refractivity contribution < 1.29 is 13.2 Å². The van der Waals surface area contributed by atoms with Gasteiger partial charge in [0.1, 0.15) is 5.82 Å². The van der Waals surface area contributed by atoms with Crippen molar-refractivity contribution in [2.75, 3.05) is 5.32 Å². The lowest BCUT2D eigenvalue weighted by molar-refractivity contribution is 0.102.